The Morgan fingerprint density at radius 1 is 1.06 bits per heavy atom. The van der Waals surface area contributed by atoms with Crippen LogP contribution in [0.2, 0.25) is 0 Å². The number of rotatable bonds is 8. The molecule has 1 aliphatic heterocycles. The van der Waals surface area contributed by atoms with Gasteiger partial charge in [0.15, 0.2) is 11.2 Å². The number of aliphatic hydroxyl groups is 3. The molecule has 1 saturated heterocycles. The van der Waals surface area contributed by atoms with E-state index in [9.17, 15) is 29.0 Å². The van der Waals surface area contributed by atoms with Crippen molar-refractivity contribution in [3.8, 4) is 6.07 Å². The number of hydrogen-bond donors (Lipinski definition) is 4. The molecular formula is C25H33N3O6S. The summed E-state index contributed by atoms with van der Waals surface area (Å²) in [6, 6.07) is 11.7. The van der Waals surface area contributed by atoms with E-state index in [1.807, 2.05) is 24.3 Å². The minimum Gasteiger partial charge on any atom is -0.388 e. The lowest BCUT2D eigenvalue weighted by Crippen LogP contribution is -2.63. The Kier molecular flexibility index (Phi) is 8.54. The average Bonchev–Trinajstić information content (AvgIpc) is 2.84. The first-order valence-corrected chi connectivity index (χ1v) is 13.2. The van der Waals surface area contributed by atoms with E-state index in [0.29, 0.717) is 12.0 Å². The zero-order valence-corrected chi connectivity index (χ0v) is 21.2. The molecule has 4 N–H and O–H groups in total. The molecule has 10 heteroatoms. The summed E-state index contributed by atoms with van der Waals surface area (Å²) in [5.74, 6) is 0. The molecule has 0 bridgehead atoms. The highest BCUT2D eigenvalue weighted by Gasteiger charge is 2.45. The zero-order valence-electron chi connectivity index (χ0n) is 20.3. The molecular weight excluding hydrogens is 470 g/mol. The number of allylic oxidation sites excluding steroid dienone is 2. The van der Waals surface area contributed by atoms with E-state index in [2.05, 4.69) is 29.5 Å². The summed E-state index contributed by atoms with van der Waals surface area (Å²) in [5.41, 5.74) is 1.84. The highest BCUT2D eigenvalue weighted by molar-refractivity contribution is 7.93. The number of aliphatic hydroxyl groups excluding tert-OH is 3. The summed E-state index contributed by atoms with van der Waals surface area (Å²) in [6.07, 6.45) is -5.22. The van der Waals surface area contributed by atoms with Crippen molar-refractivity contribution in [3.63, 3.8) is 0 Å². The molecule has 1 fully saturated rings. The van der Waals surface area contributed by atoms with Crippen molar-refractivity contribution in [2.45, 2.75) is 64.8 Å². The number of ether oxygens (including phenoxy) is 1. The van der Waals surface area contributed by atoms with Gasteiger partial charge in [-0.25, -0.2) is 8.42 Å². The van der Waals surface area contributed by atoms with E-state index in [-0.39, 0.29) is 5.57 Å². The lowest BCUT2D eigenvalue weighted by atomic mass is 9.96. The first kappa shape index (κ1) is 27.1. The van der Waals surface area contributed by atoms with Gasteiger partial charge < -0.3 is 25.0 Å². The molecule has 0 aliphatic carbocycles. The second-order valence-corrected chi connectivity index (χ2v) is 10.2. The predicted octanol–water partition coefficient (Wildman–Crippen LogP) is 2.08. The third-order valence-electron chi connectivity index (χ3n) is 6.51. The van der Waals surface area contributed by atoms with Gasteiger partial charge in [-0.05, 0) is 67.3 Å². The Morgan fingerprint density at radius 3 is 2.29 bits per heavy atom. The first-order valence-electron chi connectivity index (χ1n) is 11.7. The molecule has 190 valence electrons. The molecule has 0 saturated carbocycles. The predicted molar refractivity (Wildman–Crippen MR) is 135 cm³/mol. The van der Waals surface area contributed by atoms with Gasteiger partial charge >= 0.3 is 0 Å². The van der Waals surface area contributed by atoms with Crippen molar-refractivity contribution >= 4 is 32.1 Å². The van der Waals surface area contributed by atoms with Crippen LogP contribution in [0, 0.1) is 11.3 Å². The molecule has 9 nitrogen and oxygen atoms in total. The molecule has 35 heavy (non-hydrogen) atoms. The third-order valence-corrected chi connectivity index (χ3v) is 8.03. The van der Waals surface area contributed by atoms with Crippen LogP contribution in [0.1, 0.15) is 39.7 Å². The van der Waals surface area contributed by atoms with Crippen LogP contribution in [0.3, 0.4) is 0 Å². The minimum absolute atomic E-state index is 0.211. The number of hydrogen-bond acceptors (Lipinski definition) is 8. The molecule has 0 aromatic heterocycles. The molecule has 0 radical (unpaired) electrons. The SMILES string of the molecule is CC[C@H]1OC(O)[C@H](NS(=O)(=O)/C(C#N)=C(\C)c2ccc3cc(N(CC)CC)ccc3c2)[C@@H](O)[C@@H]1O. The fourth-order valence-electron chi connectivity index (χ4n) is 4.38. The van der Waals surface area contributed by atoms with Crippen LogP contribution in [-0.2, 0) is 14.8 Å². The van der Waals surface area contributed by atoms with E-state index in [1.165, 1.54) is 6.92 Å². The summed E-state index contributed by atoms with van der Waals surface area (Å²) >= 11 is 0. The molecule has 0 amide bonds. The van der Waals surface area contributed by atoms with Crippen LogP contribution in [0.25, 0.3) is 16.3 Å². The number of sulfonamides is 1. The second kappa shape index (κ2) is 11.0. The smallest absolute Gasteiger partial charge is 0.251 e. The number of fused-ring (bicyclic) bond motifs is 1. The molecule has 1 unspecified atom stereocenters. The summed E-state index contributed by atoms with van der Waals surface area (Å²) in [4.78, 5) is 1.67. The van der Waals surface area contributed by atoms with Crippen molar-refractivity contribution in [1.82, 2.24) is 4.72 Å². The summed E-state index contributed by atoms with van der Waals surface area (Å²) in [7, 11) is -4.46. The lowest BCUT2D eigenvalue weighted by Gasteiger charge is -2.40. The maximum Gasteiger partial charge on any atom is 0.251 e. The average molecular weight is 504 g/mol. The van der Waals surface area contributed by atoms with Gasteiger partial charge in [0.25, 0.3) is 10.0 Å². The standard InChI is InChI=1S/C25H33N3O6S/c1-5-20-23(29)24(30)22(25(31)34-20)27-35(32,33)21(14-26)15(4)16-8-9-18-13-19(28(6-2)7-3)11-10-17(18)12-16/h8-13,20,22-25,27,29-31H,5-7H2,1-4H3/b21-15+/t20-,22-,23-,24-,25?/m1/s1. The number of nitrogens with zero attached hydrogens (tertiary/aromatic N) is 2. The topological polar surface area (TPSA) is 143 Å². The Balaban J connectivity index is 1.94. The number of nitrogens with one attached hydrogen (secondary N) is 1. The van der Waals surface area contributed by atoms with Gasteiger partial charge in [-0.15, -0.1) is 0 Å². The maximum atomic E-state index is 13.1. The van der Waals surface area contributed by atoms with E-state index < -0.39 is 45.6 Å². The summed E-state index contributed by atoms with van der Waals surface area (Å²) < 4.78 is 33.6. The Labute approximate surface area is 206 Å². The van der Waals surface area contributed by atoms with Crippen molar-refractivity contribution in [1.29, 1.82) is 5.26 Å². The van der Waals surface area contributed by atoms with Crippen molar-refractivity contribution in [2.75, 3.05) is 18.0 Å². The Bertz CT molecular complexity index is 1240. The van der Waals surface area contributed by atoms with Crippen LogP contribution in [0.15, 0.2) is 41.3 Å². The van der Waals surface area contributed by atoms with Crippen LogP contribution in [-0.4, -0.2) is 67.5 Å². The lowest BCUT2D eigenvalue weighted by molar-refractivity contribution is -0.244. The molecule has 0 spiro atoms. The summed E-state index contributed by atoms with van der Waals surface area (Å²) in [5, 5.41) is 42.4. The van der Waals surface area contributed by atoms with Gasteiger partial charge in [0.1, 0.15) is 24.3 Å². The van der Waals surface area contributed by atoms with Gasteiger partial charge in [0.2, 0.25) is 0 Å². The Hall–Kier alpha value is -2.52. The molecule has 1 heterocycles. The van der Waals surface area contributed by atoms with Gasteiger partial charge in [0, 0.05) is 18.8 Å². The van der Waals surface area contributed by atoms with Crippen molar-refractivity contribution in [2.24, 2.45) is 0 Å². The van der Waals surface area contributed by atoms with E-state index in [1.54, 1.807) is 19.1 Å². The van der Waals surface area contributed by atoms with E-state index in [4.69, 9.17) is 4.74 Å². The highest BCUT2D eigenvalue weighted by atomic mass is 32.2. The van der Waals surface area contributed by atoms with Crippen molar-refractivity contribution in [3.05, 3.63) is 46.9 Å². The van der Waals surface area contributed by atoms with E-state index in [0.717, 1.165) is 29.5 Å². The van der Waals surface area contributed by atoms with Crippen molar-refractivity contribution < 1.29 is 28.5 Å². The van der Waals surface area contributed by atoms with E-state index >= 15 is 0 Å². The highest BCUT2D eigenvalue weighted by Crippen LogP contribution is 2.29. The Morgan fingerprint density at radius 2 is 1.69 bits per heavy atom. The van der Waals surface area contributed by atoms with Crippen LogP contribution in [0.5, 0.6) is 0 Å². The third kappa shape index (κ3) is 5.51. The van der Waals surface area contributed by atoms with Crippen LogP contribution < -0.4 is 9.62 Å². The number of benzene rings is 2. The number of nitriles is 1. The van der Waals surface area contributed by atoms with Gasteiger partial charge in [-0.3, -0.25) is 0 Å². The van der Waals surface area contributed by atoms with Crippen LogP contribution >= 0.6 is 0 Å². The maximum absolute atomic E-state index is 13.1. The monoisotopic (exact) mass is 503 g/mol. The van der Waals surface area contributed by atoms with Gasteiger partial charge in [-0.1, -0.05) is 25.1 Å². The minimum atomic E-state index is -4.46. The molecule has 1 aliphatic rings. The van der Waals surface area contributed by atoms with Gasteiger partial charge in [-0.2, -0.15) is 9.98 Å². The molecule has 5 atom stereocenters. The fraction of sp³-hybridized carbons (Fsp3) is 0.480. The van der Waals surface area contributed by atoms with Gasteiger partial charge in [0.05, 0.1) is 6.10 Å². The second-order valence-electron chi connectivity index (χ2n) is 8.59. The molecule has 2 aromatic rings. The molecule has 3 rings (SSSR count). The fourth-order valence-corrected chi connectivity index (χ4v) is 5.75. The summed E-state index contributed by atoms with van der Waals surface area (Å²) in [6.45, 7) is 9.15. The quantitative estimate of drug-likeness (QED) is 0.401. The zero-order chi connectivity index (χ0) is 25.9. The largest absolute Gasteiger partial charge is 0.388 e. The van der Waals surface area contributed by atoms with Crippen LogP contribution in [0.4, 0.5) is 5.69 Å². The first-order chi connectivity index (χ1) is 16.6. The number of anilines is 1. The molecule has 2 aromatic carbocycles. The normalized spacial score (nSPS) is 25.7.